The number of β-amino-alcohol motifs (C(OH)–C–C–N with tert-alkyl or cyclic N) is 1. The number of fused-ring (bicyclic) bond motifs is 1. The third kappa shape index (κ3) is 6.68. The first kappa shape index (κ1) is 24.4. The molecule has 0 spiro atoms. The molecule has 3 N–H and O–H groups in total. The smallest absolute Gasteiger partial charge is 0.219 e. The van der Waals surface area contributed by atoms with Gasteiger partial charge in [-0.1, -0.05) is 18.2 Å². The Bertz CT molecular complexity index is 1260. The molecule has 0 fully saturated rings. The number of pyridine rings is 1. The van der Waals surface area contributed by atoms with E-state index in [9.17, 15) is 9.90 Å². The van der Waals surface area contributed by atoms with E-state index in [1.165, 1.54) is 13.1 Å². The molecular weight excluding hydrogens is 442 g/mol. The Morgan fingerprint density at radius 3 is 2.63 bits per heavy atom. The summed E-state index contributed by atoms with van der Waals surface area (Å²) in [7, 11) is 0. The van der Waals surface area contributed by atoms with Crippen LogP contribution in [0.1, 0.15) is 36.7 Å². The van der Waals surface area contributed by atoms with Crippen molar-refractivity contribution in [1.82, 2.24) is 15.3 Å². The van der Waals surface area contributed by atoms with Gasteiger partial charge in [0, 0.05) is 47.0 Å². The zero-order chi connectivity index (χ0) is 24.8. The van der Waals surface area contributed by atoms with E-state index in [0.717, 1.165) is 28.6 Å². The fraction of sp³-hybridized carbons (Fsp3) is 0.286. The van der Waals surface area contributed by atoms with Crippen molar-refractivity contribution in [2.45, 2.75) is 38.8 Å². The van der Waals surface area contributed by atoms with Crippen LogP contribution in [0.15, 0.2) is 73.1 Å². The zero-order valence-corrected chi connectivity index (χ0v) is 20.2. The highest BCUT2D eigenvalue weighted by Crippen LogP contribution is 2.25. The maximum atomic E-state index is 11.4. The molecule has 2 aromatic carbocycles. The number of benzene rings is 2. The predicted molar refractivity (Wildman–Crippen MR) is 136 cm³/mol. The number of nitrogens with zero attached hydrogens (tertiary/aromatic N) is 1. The SMILES string of the molecule is CC(=O)c1ccc(Oc2ccc(CC(C)(C)NC[C@H](O)COc3cccc4[nH]ccc34)cc2)nc1. The molecule has 7 heteroatoms. The lowest BCUT2D eigenvalue weighted by atomic mass is 9.94. The minimum Gasteiger partial charge on any atom is -0.490 e. The summed E-state index contributed by atoms with van der Waals surface area (Å²) in [6, 6.07) is 19.0. The van der Waals surface area contributed by atoms with Gasteiger partial charge in [-0.3, -0.25) is 4.79 Å². The van der Waals surface area contributed by atoms with Gasteiger partial charge in [-0.25, -0.2) is 4.98 Å². The van der Waals surface area contributed by atoms with Crippen LogP contribution < -0.4 is 14.8 Å². The molecule has 182 valence electrons. The number of hydrogen-bond donors (Lipinski definition) is 3. The van der Waals surface area contributed by atoms with Gasteiger partial charge < -0.3 is 24.9 Å². The number of aliphatic hydroxyl groups is 1. The Hall–Kier alpha value is -3.68. The van der Waals surface area contributed by atoms with E-state index in [4.69, 9.17) is 9.47 Å². The lowest BCUT2D eigenvalue weighted by Gasteiger charge is -2.28. The Morgan fingerprint density at radius 2 is 1.91 bits per heavy atom. The fourth-order valence-electron chi connectivity index (χ4n) is 3.84. The Balaban J connectivity index is 1.25. The van der Waals surface area contributed by atoms with Crippen molar-refractivity contribution >= 4 is 16.7 Å². The summed E-state index contributed by atoms with van der Waals surface area (Å²) in [5, 5.41) is 14.9. The van der Waals surface area contributed by atoms with Gasteiger partial charge >= 0.3 is 0 Å². The summed E-state index contributed by atoms with van der Waals surface area (Å²) in [6.07, 6.45) is 3.52. The molecule has 7 nitrogen and oxygen atoms in total. The average molecular weight is 474 g/mol. The molecule has 1 atom stereocenters. The number of ketones is 1. The fourth-order valence-corrected chi connectivity index (χ4v) is 3.84. The van der Waals surface area contributed by atoms with Crippen LogP contribution in [0.5, 0.6) is 17.4 Å². The van der Waals surface area contributed by atoms with Crippen LogP contribution in [0.25, 0.3) is 10.9 Å². The number of aromatic amines is 1. The van der Waals surface area contributed by atoms with E-state index in [-0.39, 0.29) is 17.9 Å². The van der Waals surface area contributed by atoms with Gasteiger partial charge in [0.25, 0.3) is 0 Å². The number of rotatable bonds is 11. The van der Waals surface area contributed by atoms with Crippen molar-refractivity contribution in [3.63, 3.8) is 0 Å². The largest absolute Gasteiger partial charge is 0.490 e. The summed E-state index contributed by atoms with van der Waals surface area (Å²) in [5.74, 6) is 1.84. The predicted octanol–water partition coefficient (Wildman–Crippen LogP) is 4.91. The molecule has 2 heterocycles. The second-order valence-corrected chi connectivity index (χ2v) is 9.29. The molecule has 0 amide bonds. The van der Waals surface area contributed by atoms with Crippen LogP contribution in [0.4, 0.5) is 0 Å². The number of hydrogen-bond acceptors (Lipinski definition) is 6. The molecule has 0 saturated heterocycles. The zero-order valence-electron chi connectivity index (χ0n) is 20.2. The lowest BCUT2D eigenvalue weighted by Crippen LogP contribution is -2.46. The Morgan fingerprint density at radius 1 is 1.11 bits per heavy atom. The Labute approximate surface area is 205 Å². The molecule has 2 aromatic heterocycles. The number of H-pyrrole nitrogens is 1. The monoisotopic (exact) mass is 473 g/mol. The third-order valence-corrected chi connectivity index (χ3v) is 5.74. The van der Waals surface area contributed by atoms with E-state index in [1.54, 1.807) is 12.1 Å². The molecule has 0 unspecified atom stereocenters. The molecule has 0 radical (unpaired) electrons. The third-order valence-electron chi connectivity index (χ3n) is 5.74. The second kappa shape index (κ2) is 10.7. The number of aliphatic hydroxyl groups excluding tert-OH is 1. The molecular formula is C28H31N3O4. The van der Waals surface area contributed by atoms with E-state index >= 15 is 0 Å². The summed E-state index contributed by atoms with van der Waals surface area (Å²) >= 11 is 0. The minimum atomic E-state index is -0.638. The number of carbonyl (C=O) groups is 1. The molecule has 0 saturated carbocycles. The van der Waals surface area contributed by atoms with Gasteiger partial charge in [-0.15, -0.1) is 0 Å². The summed E-state index contributed by atoms with van der Waals surface area (Å²) in [6.45, 7) is 6.34. The summed E-state index contributed by atoms with van der Waals surface area (Å²) in [4.78, 5) is 18.7. The molecule has 4 aromatic rings. The topological polar surface area (TPSA) is 96.5 Å². The van der Waals surface area contributed by atoms with Crippen molar-refractivity contribution in [3.05, 3.63) is 84.2 Å². The number of aromatic nitrogens is 2. The number of carbonyl (C=O) groups excluding carboxylic acids is 1. The highest BCUT2D eigenvalue weighted by Gasteiger charge is 2.20. The van der Waals surface area contributed by atoms with Gasteiger partial charge in [0.05, 0.1) is 0 Å². The maximum Gasteiger partial charge on any atom is 0.219 e. The van der Waals surface area contributed by atoms with E-state index < -0.39 is 6.10 Å². The van der Waals surface area contributed by atoms with Crippen LogP contribution in [0.2, 0.25) is 0 Å². The quantitative estimate of drug-likeness (QED) is 0.268. The van der Waals surface area contributed by atoms with Crippen molar-refractivity contribution in [3.8, 4) is 17.4 Å². The summed E-state index contributed by atoms with van der Waals surface area (Å²) < 4.78 is 11.6. The van der Waals surface area contributed by atoms with Gasteiger partial charge in [-0.05, 0) is 69.2 Å². The van der Waals surface area contributed by atoms with Gasteiger partial charge in [0.15, 0.2) is 5.78 Å². The minimum absolute atomic E-state index is 0.0287. The normalized spacial score (nSPS) is 12.5. The van der Waals surface area contributed by atoms with Crippen LogP contribution >= 0.6 is 0 Å². The van der Waals surface area contributed by atoms with Crippen molar-refractivity contribution in [2.75, 3.05) is 13.2 Å². The van der Waals surface area contributed by atoms with Gasteiger partial charge in [0.2, 0.25) is 5.88 Å². The maximum absolute atomic E-state index is 11.4. The number of Topliss-reactive ketones (excluding diaryl/α,β-unsaturated/α-hetero) is 1. The van der Waals surface area contributed by atoms with Crippen LogP contribution in [-0.2, 0) is 6.42 Å². The van der Waals surface area contributed by atoms with Crippen LogP contribution in [0, 0.1) is 0 Å². The van der Waals surface area contributed by atoms with Crippen molar-refractivity contribution < 1.29 is 19.4 Å². The average Bonchev–Trinajstić information content (AvgIpc) is 3.32. The van der Waals surface area contributed by atoms with Gasteiger partial charge in [-0.2, -0.15) is 0 Å². The van der Waals surface area contributed by atoms with E-state index in [0.29, 0.717) is 23.7 Å². The van der Waals surface area contributed by atoms with Crippen LogP contribution in [-0.4, -0.2) is 45.7 Å². The van der Waals surface area contributed by atoms with Crippen LogP contribution in [0.3, 0.4) is 0 Å². The van der Waals surface area contributed by atoms with E-state index in [1.807, 2.05) is 54.7 Å². The first-order chi connectivity index (χ1) is 16.8. The summed E-state index contributed by atoms with van der Waals surface area (Å²) in [5.41, 5.74) is 2.47. The van der Waals surface area contributed by atoms with Crippen molar-refractivity contribution in [2.24, 2.45) is 0 Å². The van der Waals surface area contributed by atoms with Gasteiger partial charge in [0.1, 0.15) is 24.2 Å². The first-order valence-electron chi connectivity index (χ1n) is 11.6. The highest BCUT2D eigenvalue weighted by molar-refractivity contribution is 5.93. The Kier molecular flexibility index (Phi) is 7.48. The van der Waals surface area contributed by atoms with Crippen molar-refractivity contribution in [1.29, 1.82) is 0 Å². The second-order valence-electron chi connectivity index (χ2n) is 9.29. The lowest BCUT2D eigenvalue weighted by molar-refractivity contribution is 0.0996. The molecule has 0 bridgehead atoms. The molecule has 0 aliphatic carbocycles. The molecule has 4 rings (SSSR count). The molecule has 0 aliphatic heterocycles. The number of ether oxygens (including phenoxy) is 2. The first-order valence-corrected chi connectivity index (χ1v) is 11.6. The standard InChI is InChI=1S/C28H31N3O4/c1-19(32)21-9-12-27(30-16-21)35-23-10-7-20(8-11-23)15-28(2,3)31-17-22(33)18-34-26-6-4-5-25-24(26)13-14-29-25/h4-14,16,22,29,31,33H,15,17-18H2,1-3H3/t22-/m0/s1. The van der Waals surface area contributed by atoms with E-state index in [2.05, 4.69) is 29.1 Å². The number of nitrogens with one attached hydrogen (secondary N) is 2. The molecule has 0 aliphatic rings. The highest BCUT2D eigenvalue weighted by atomic mass is 16.5. The molecule has 35 heavy (non-hydrogen) atoms.